The third-order valence-corrected chi connectivity index (χ3v) is 5.33. The Morgan fingerprint density at radius 1 is 1.00 bits per heavy atom. The molecule has 0 bridgehead atoms. The van der Waals surface area contributed by atoms with Crippen molar-refractivity contribution in [1.29, 1.82) is 0 Å². The van der Waals surface area contributed by atoms with Gasteiger partial charge in [-0.15, -0.1) is 10.2 Å². The largest absolute Gasteiger partial charge is 0.274 e. The Kier molecular flexibility index (Phi) is 4.53. The Bertz CT molecular complexity index is 1180. The van der Waals surface area contributed by atoms with E-state index in [0.29, 0.717) is 11.4 Å². The minimum Gasteiger partial charge on any atom is -0.274 e. The molecule has 0 spiro atoms. The molecule has 0 saturated heterocycles. The molecule has 0 N–H and O–H groups in total. The summed E-state index contributed by atoms with van der Waals surface area (Å²) in [5, 5.41) is 9.29. The number of hydrogen-bond donors (Lipinski definition) is 0. The van der Waals surface area contributed by atoms with E-state index >= 15 is 0 Å². The second kappa shape index (κ2) is 7.00. The Morgan fingerprint density at radius 2 is 1.78 bits per heavy atom. The molecule has 0 amide bonds. The standard InChI is InChI=1S/C20H19N5OS/c1-13-7-9-17(10-8-13)25-15(3)22-23-20(25)27-12-16-11-19(26)24-14(2)5-4-6-18(24)21-16/h4-11H,12H2,1-3H3. The van der Waals surface area contributed by atoms with E-state index in [4.69, 9.17) is 0 Å². The molecule has 136 valence electrons. The first-order valence-electron chi connectivity index (χ1n) is 8.63. The SMILES string of the molecule is Cc1ccc(-n2c(C)nnc2SCc2cc(=O)n3c(C)cccc3n2)cc1. The lowest BCUT2D eigenvalue weighted by molar-refractivity contribution is 0.866. The van der Waals surface area contributed by atoms with Gasteiger partial charge in [-0.05, 0) is 45.0 Å². The monoisotopic (exact) mass is 377 g/mol. The highest BCUT2D eigenvalue weighted by molar-refractivity contribution is 7.98. The molecule has 0 unspecified atom stereocenters. The fourth-order valence-electron chi connectivity index (χ4n) is 3.00. The molecule has 3 aromatic heterocycles. The molecule has 4 aromatic rings. The van der Waals surface area contributed by atoms with Gasteiger partial charge in [-0.3, -0.25) is 13.8 Å². The molecular weight excluding hydrogens is 358 g/mol. The molecule has 0 saturated carbocycles. The smallest absolute Gasteiger partial charge is 0.258 e. The molecule has 0 aliphatic rings. The van der Waals surface area contributed by atoms with Crippen molar-refractivity contribution < 1.29 is 0 Å². The van der Waals surface area contributed by atoms with E-state index in [1.54, 1.807) is 10.5 Å². The van der Waals surface area contributed by atoms with Gasteiger partial charge < -0.3 is 0 Å². The second-order valence-electron chi connectivity index (χ2n) is 6.44. The van der Waals surface area contributed by atoms with E-state index in [2.05, 4.69) is 46.4 Å². The first kappa shape index (κ1) is 17.5. The molecular formula is C20H19N5OS. The van der Waals surface area contributed by atoms with Crippen LogP contribution in [0.25, 0.3) is 11.3 Å². The lowest BCUT2D eigenvalue weighted by atomic mass is 10.2. The van der Waals surface area contributed by atoms with Gasteiger partial charge in [-0.25, -0.2) is 4.98 Å². The molecule has 0 aliphatic heterocycles. The van der Waals surface area contributed by atoms with Gasteiger partial charge in [0, 0.05) is 23.2 Å². The Hall–Kier alpha value is -2.93. The minimum absolute atomic E-state index is 0.0649. The second-order valence-corrected chi connectivity index (χ2v) is 7.38. The number of nitrogens with zero attached hydrogens (tertiary/aromatic N) is 5. The zero-order valence-corrected chi connectivity index (χ0v) is 16.2. The van der Waals surface area contributed by atoms with E-state index in [9.17, 15) is 4.79 Å². The summed E-state index contributed by atoms with van der Waals surface area (Å²) >= 11 is 1.52. The third-order valence-electron chi connectivity index (χ3n) is 4.37. The predicted molar refractivity (Wildman–Crippen MR) is 107 cm³/mol. The number of aryl methyl sites for hydroxylation is 3. The molecule has 0 fully saturated rings. The highest BCUT2D eigenvalue weighted by Gasteiger charge is 2.13. The van der Waals surface area contributed by atoms with Crippen LogP contribution in [0.2, 0.25) is 0 Å². The fraction of sp³-hybridized carbons (Fsp3) is 0.200. The Morgan fingerprint density at radius 3 is 2.56 bits per heavy atom. The van der Waals surface area contributed by atoms with E-state index in [-0.39, 0.29) is 5.56 Å². The summed E-state index contributed by atoms with van der Waals surface area (Å²) in [6.45, 7) is 5.89. The zero-order valence-electron chi connectivity index (χ0n) is 15.4. The zero-order chi connectivity index (χ0) is 19.0. The van der Waals surface area contributed by atoms with E-state index in [1.165, 1.54) is 17.3 Å². The van der Waals surface area contributed by atoms with Crippen LogP contribution in [0.1, 0.15) is 22.8 Å². The molecule has 0 radical (unpaired) electrons. The van der Waals surface area contributed by atoms with Crippen molar-refractivity contribution >= 4 is 17.4 Å². The van der Waals surface area contributed by atoms with Crippen molar-refractivity contribution in [3.05, 3.63) is 81.7 Å². The van der Waals surface area contributed by atoms with Crippen LogP contribution in [0, 0.1) is 20.8 Å². The van der Waals surface area contributed by atoms with Gasteiger partial charge in [0.25, 0.3) is 5.56 Å². The highest BCUT2D eigenvalue weighted by Crippen LogP contribution is 2.24. The topological polar surface area (TPSA) is 65.1 Å². The van der Waals surface area contributed by atoms with Crippen LogP contribution in [0.4, 0.5) is 0 Å². The lowest BCUT2D eigenvalue weighted by Gasteiger charge is -2.09. The molecule has 27 heavy (non-hydrogen) atoms. The van der Waals surface area contributed by atoms with Crippen molar-refractivity contribution in [3.63, 3.8) is 0 Å². The molecule has 0 atom stereocenters. The molecule has 3 heterocycles. The average molecular weight is 377 g/mol. The van der Waals surface area contributed by atoms with Crippen molar-refractivity contribution in [3.8, 4) is 5.69 Å². The quantitative estimate of drug-likeness (QED) is 0.509. The van der Waals surface area contributed by atoms with Gasteiger partial charge in [0.1, 0.15) is 11.5 Å². The lowest BCUT2D eigenvalue weighted by Crippen LogP contribution is -2.17. The number of aromatic nitrogens is 5. The first-order chi connectivity index (χ1) is 13.0. The Labute approximate surface area is 160 Å². The van der Waals surface area contributed by atoms with E-state index in [0.717, 1.165) is 28.1 Å². The molecule has 1 aromatic carbocycles. The average Bonchev–Trinajstić information content (AvgIpc) is 3.01. The molecule has 6 nitrogen and oxygen atoms in total. The summed E-state index contributed by atoms with van der Waals surface area (Å²) < 4.78 is 3.63. The maximum Gasteiger partial charge on any atom is 0.258 e. The van der Waals surface area contributed by atoms with Crippen molar-refractivity contribution in [1.82, 2.24) is 24.1 Å². The minimum atomic E-state index is -0.0649. The van der Waals surface area contributed by atoms with Crippen molar-refractivity contribution in [2.75, 3.05) is 0 Å². The van der Waals surface area contributed by atoms with E-state index < -0.39 is 0 Å². The number of benzene rings is 1. The summed E-state index contributed by atoms with van der Waals surface area (Å²) in [4.78, 5) is 17.1. The fourth-order valence-corrected chi connectivity index (χ4v) is 3.89. The summed E-state index contributed by atoms with van der Waals surface area (Å²) in [6, 6.07) is 15.5. The molecule has 7 heteroatoms. The van der Waals surface area contributed by atoms with Gasteiger partial charge in [0.15, 0.2) is 5.16 Å². The highest BCUT2D eigenvalue weighted by atomic mass is 32.2. The van der Waals surface area contributed by atoms with Crippen LogP contribution < -0.4 is 5.56 Å². The third kappa shape index (κ3) is 3.38. The molecule has 4 rings (SSSR count). The number of pyridine rings is 1. The first-order valence-corrected chi connectivity index (χ1v) is 9.61. The van der Waals surface area contributed by atoms with Gasteiger partial charge in [-0.2, -0.15) is 0 Å². The van der Waals surface area contributed by atoms with Gasteiger partial charge >= 0.3 is 0 Å². The van der Waals surface area contributed by atoms with Crippen LogP contribution >= 0.6 is 11.8 Å². The summed E-state index contributed by atoms with van der Waals surface area (Å²) in [5.41, 5.74) is 4.42. The predicted octanol–water partition coefficient (Wildman–Crippen LogP) is 3.49. The van der Waals surface area contributed by atoms with Crippen LogP contribution in [0.5, 0.6) is 0 Å². The maximum absolute atomic E-state index is 12.4. The normalized spacial score (nSPS) is 11.2. The van der Waals surface area contributed by atoms with Crippen molar-refractivity contribution in [2.45, 2.75) is 31.7 Å². The van der Waals surface area contributed by atoms with Crippen molar-refractivity contribution in [2.24, 2.45) is 0 Å². The van der Waals surface area contributed by atoms with Gasteiger partial charge in [0.05, 0.1) is 5.69 Å². The molecule has 0 aliphatic carbocycles. The van der Waals surface area contributed by atoms with Crippen LogP contribution in [-0.4, -0.2) is 24.1 Å². The van der Waals surface area contributed by atoms with Gasteiger partial charge in [0.2, 0.25) is 0 Å². The summed E-state index contributed by atoms with van der Waals surface area (Å²) in [7, 11) is 0. The van der Waals surface area contributed by atoms with Crippen LogP contribution in [0.15, 0.2) is 58.5 Å². The number of hydrogen-bond acceptors (Lipinski definition) is 5. The van der Waals surface area contributed by atoms with Crippen LogP contribution in [0.3, 0.4) is 0 Å². The summed E-state index contributed by atoms with van der Waals surface area (Å²) in [5.74, 6) is 1.37. The summed E-state index contributed by atoms with van der Waals surface area (Å²) in [6.07, 6.45) is 0. The number of rotatable bonds is 4. The van der Waals surface area contributed by atoms with E-state index in [1.807, 2.05) is 36.6 Å². The number of fused-ring (bicyclic) bond motifs is 1. The maximum atomic E-state index is 12.4. The number of thioether (sulfide) groups is 1. The van der Waals surface area contributed by atoms with Crippen LogP contribution in [-0.2, 0) is 5.75 Å². The van der Waals surface area contributed by atoms with Gasteiger partial charge in [-0.1, -0.05) is 35.5 Å². The Balaban J connectivity index is 1.64.